The molecule has 0 unspecified atom stereocenters. The van der Waals surface area contributed by atoms with Crippen LogP contribution in [-0.4, -0.2) is 33.4 Å². The zero-order valence-corrected chi connectivity index (χ0v) is 13.2. The molecule has 112 valence electrons. The number of nitrogens with zero attached hydrogens (tertiary/aromatic N) is 3. The summed E-state index contributed by atoms with van der Waals surface area (Å²) in [7, 11) is 0. The van der Waals surface area contributed by atoms with Gasteiger partial charge in [-0.2, -0.15) is 0 Å². The minimum absolute atomic E-state index is 0.0686. The van der Waals surface area contributed by atoms with Crippen molar-refractivity contribution in [3.05, 3.63) is 46.6 Å². The molecule has 0 radical (unpaired) electrons. The minimum Gasteiger partial charge on any atom is -0.342 e. The zero-order valence-electron chi connectivity index (χ0n) is 11.6. The molecule has 0 aliphatic carbocycles. The van der Waals surface area contributed by atoms with Crippen LogP contribution >= 0.6 is 22.9 Å². The van der Waals surface area contributed by atoms with Crippen LogP contribution in [0.15, 0.2) is 35.8 Å². The molecule has 1 aliphatic heterocycles. The second kappa shape index (κ2) is 5.39. The lowest BCUT2D eigenvalue weighted by atomic mass is 10.1. The Morgan fingerprint density at radius 2 is 2.14 bits per heavy atom. The van der Waals surface area contributed by atoms with Gasteiger partial charge in [-0.25, -0.2) is 4.98 Å². The maximum absolute atomic E-state index is 11.4. The number of aromatic nitrogens is 2. The zero-order chi connectivity index (χ0) is 15.1. The molecule has 7 heteroatoms. The normalized spacial score (nSPS) is 15.6. The fourth-order valence-corrected chi connectivity index (χ4v) is 3.52. The Balaban J connectivity index is 1.77. The van der Waals surface area contributed by atoms with Crippen LogP contribution in [0.2, 0.25) is 5.02 Å². The van der Waals surface area contributed by atoms with Gasteiger partial charge in [-0.3, -0.25) is 14.1 Å². The van der Waals surface area contributed by atoms with E-state index in [0.717, 1.165) is 21.9 Å². The van der Waals surface area contributed by atoms with Crippen molar-refractivity contribution in [2.45, 2.75) is 6.54 Å². The first-order valence-electron chi connectivity index (χ1n) is 6.90. The molecule has 3 aromatic rings. The van der Waals surface area contributed by atoms with Gasteiger partial charge in [0.15, 0.2) is 4.96 Å². The molecule has 3 heterocycles. The SMILES string of the molecule is O=C1CN(Cc2c(-c3ccc(Cl)cc3)nc3sccn23)CN1. The van der Waals surface area contributed by atoms with E-state index >= 15 is 0 Å². The summed E-state index contributed by atoms with van der Waals surface area (Å²) in [5.74, 6) is 0.0686. The van der Waals surface area contributed by atoms with Crippen molar-refractivity contribution in [3.63, 3.8) is 0 Å². The van der Waals surface area contributed by atoms with Gasteiger partial charge in [0.1, 0.15) is 0 Å². The molecule has 1 aliphatic rings. The maximum atomic E-state index is 11.4. The van der Waals surface area contributed by atoms with Gasteiger partial charge in [-0.05, 0) is 12.1 Å². The van der Waals surface area contributed by atoms with E-state index in [1.54, 1.807) is 11.3 Å². The number of benzene rings is 1. The quantitative estimate of drug-likeness (QED) is 0.802. The molecular weight excluding hydrogens is 320 g/mol. The van der Waals surface area contributed by atoms with Crippen LogP contribution < -0.4 is 5.32 Å². The van der Waals surface area contributed by atoms with E-state index < -0.39 is 0 Å². The number of carbonyl (C=O) groups is 1. The largest absolute Gasteiger partial charge is 0.342 e. The summed E-state index contributed by atoms with van der Waals surface area (Å²) in [4.78, 5) is 19.2. The average Bonchev–Trinajstić information content (AvgIpc) is 3.18. The summed E-state index contributed by atoms with van der Waals surface area (Å²) in [5.41, 5.74) is 3.08. The minimum atomic E-state index is 0.0686. The van der Waals surface area contributed by atoms with Crippen LogP contribution in [0.3, 0.4) is 0 Å². The summed E-state index contributed by atoms with van der Waals surface area (Å²) < 4.78 is 2.09. The van der Waals surface area contributed by atoms with E-state index in [2.05, 4.69) is 14.6 Å². The lowest BCUT2D eigenvalue weighted by Gasteiger charge is -2.13. The molecule has 0 atom stereocenters. The Morgan fingerprint density at radius 1 is 1.32 bits per heavy atom. The number of hydrogen-bond donors (Lipinski definition) is 1. The summed E-state index contributed by atoms with van der Waals surface area (Å²) >= 11 is 7.58. The smallest absolute Gasteiger partial charge is 0.235 e. The molecule has 2 aromatic heterocycles. The number of imidazole rings is 1. The maximum Gasteiger partial charge on any atom is 0.235 e. The van der Waals surface area contributed by atoms with E-state index in [4.69, 9.17) is 16.6 Å². The number of carbonyl (C=O) groups excluding carboxylic acids is 1. The van der Waals surface area contributed by atoms with Gasteiger partial charge in [0.2, 0.25) is 5.91 Å². The van der Waals surface area contributed by atoms with Gasteiger partial charge in [0, 0.05) is 28.7 Å². The first kappa shape index (κ1) is 13.8. The van der Waals surface area contributed by atoms with Gasteiger partial charge >= 0.3 is 0 Å². The molecule has 5 nitrogen and oxygen atoms in total. The molecule has 1 fully saturated rings. The standard InChI is InChI=1S/C15H13ClN4OS/c16-11-3-1-10(2-4-11)14-12(7-19-8-13(21)17-9-19)20-5-6-22-15(20)18-14/h1-6H,7-9H2,(H,17,21). The second-order valence-corrected chi connectivity index (χ2v) is 6.52. The molecule has 1 aromatic carbocycles. The average molecular weight is 333 g/mol. The Morgan fingerprint density at radius 3 is 2.86 bits per heavy atom. The van der Waals surface area contributed by atoms with E-state index in [1.807, 2.05) is 35.8 Å². The third kappa shape index (κ3) is 2.39. The highest BCUT2D eigenvalue weighted by Gasteiger charge is 2.23. The van der Waals surface area contributed by atoms with E-state index in [-0.39, 0.29) is 5.91 Å². The van der Waals surface area contributed by atoms with Crippen LogP contribution in [0.4, 0.5) is 0 Å². The lowest BCUT2D eigenvalue weighted by molar-refractivity contribution is -0.118. The molecule has 1 amide bonds. The van der Waals surface area contributed by atoms with Crippen LogP contribution in [0, 0.1) is 0 Å². The third-order valence-electron chi connectivity index (χ3n) is 3.72. The lowest BCUT2D eigenvalue weighted by Crippen LogP contribution is -2.22. The van der Waals surface area contributed by atoms with Crippen molar-refractivity contribution < 1.29 is 4.79 Å². The molecule has 0 bridgehead atoms. The highest BCUT2D eigenvalue weighted by molar-refractivity contribution is 7.15. The molecule has 22 heavy (non-hydrogen) atoms. The van der Waals surface area contributed by atoms with Crippen LogP contribution in [0.1, 0.15) is 5.69 Å². The monoisotopic (exact) mass is 332 g/mol. The van der Waals surface area contributed by atoms with Crippen LogP contribution in [-0.2, 0) is 11.3 Å². The van der Waals surface area contributed by atoms with Crippen molar-refractivity contribution in [1.82, 2.24) is 19.6 Å². The molecule has 1 saturated heterocycles. The molecule has 0 saturated carbocycles. The number of hydrogen-bond acceptors (Lipinski definition) is 4. The van der Waals surface area contributed by atoms with E-state index in [1.165, 1.54) is 0 Å². The Labute approximate surface area is 136 Å². The van der Waals surface area contributed by atoms with Crippen molar-refractivity contribution in [3.8, 4) is 11.3 Å². The first-order valence-corrected chi connectivity index (χ1v) is 8.16. The fourth-order valence-electron chi connectivity index (χ4n) is 2.66. The number of rotatable bonds is 3. The van der Waals surface area contributed by atoms with Crippen LogP contribution in [0.25, 0.3) is 16.2 Å². The topological polar surface area (TPSA) is 49.6 Å². The summed E-state index contributed by atoms with van der Waals surface area (Å²) in [6.45, 7) is 1.68. The highest BCUT2D eigenvalue weighted by Crippen LogP contribution is 2.28. The van der Waals surface area contributed by atoms with Crippen molar-refractivity contribution >= 4 is 33.8 Å². The molecule has 4 rings (SSSR count). The van der Waals surface area contributed by atoms with Crippen molar-refractivity contribution in [2.75, 3.05) is 13.2 Å². The van der Waals surface area contributed by atoms with Crippen molar-refractivity contribution in [2.24, 2.45) is 0 Å². The predicted octanol–water partition coefficient (Wildman–Crippen LogP) is 2.61. The summed E-state index contributed by atoms with van der Waals surface area (Å²) in [6, 6.07) is 7.70. The third-order valence-corrected chi connectivity index (χ3v) is 4.73. The summed E-state index contributed by atoms with van der Waals surface area (Å²) in [6.07, 6.45) is 2.02. The second-order valence-electron chi connectivity index (χ2n) is 5.21. The number of thiazole rings is 1. The Kier molecular flexibility index (Phi) is 3.37. The van der Waals surface area contributed by atoms with Gasteiger partial charge in [-0.15, -0.1) is 11.3 Å². The fraction of sp³-hybridized carbons (Fsp3) is 0.200. The van der Waals surface area contributed by atoms with Crippen LogP contribution in [0.5, 0.6) is 0 Å². The van der Waals surface area contributed by atoms with Gasteiger partial charge in [0.25, 0.3) is 0 Å². The molecule has 1 N–H and O–H groups in total. The van der Waals surface area contributed by atoms with Crippen molar-refractivity contribution in [1.29, 1.82) is 0 Å². The summed E-state index contributed by atoms with van der Waals surface area (Å²) in [5, 5.41) is 5.56. The van der Waals surface area contributed by atoms with Gasteiger partial charge < -0.3 is 5.32 Å². The van der Waals surface area contributed by atoms with E-state index in [9.17, 15) is 4.79 Å². The number of fused-ring (bicyclic) bond motifs is 1. The van der Waals surface area contributed by atoms with Gasteiger partial charge in [-0.1, -0.05) is 23.7 Å². The predicted molar refractivity (Wildman–Crippen MR) is 86.9 cm³/mol. The number of amides is 1. The first-order chi connectivity index (χ1) is 10.7. The van der Waals surface area contributed by atoms with E-state index in [0.29, 0.717) is 24.8 Å². The number of nitrogens with one attached hydrogen (secondary N) is 1. The Bertz CT molecular complexity index is 839. The highest BCUT2D eigenvalue weighted by atomic mass is 35.5. The molecular formula is C15H13ClN4OS. The number of halogens is 1. The van der Waals surface area contributed by atoms with Gasteiger partial charge in [0.05, 0.1) is 24.6 Å². The Hall–Kier alpha value is -1.89. The molecule has 0 spiro atoms.